The van der Waals surface area contributed by atoms with Gasteiger partial charge in [-0.05, 0) is 42.8 Å². The maximum Gasteiger partial charge on any atom is 0.131 e. The summed E-state index contributed by atoms with van der Waals surface area (Å²) in [4.78, 5) is 8.71. The molecule has 0 saturated heterocycles. The van der Waals surface area contributed by atoms with E-state index in [9.17, 15) is 0 Å². The number of hydrogen-bond acceptors (Lipinski definition) is 4. The van der Waals surface area contributed by atoms with E-state index in [2.05, 4.69) is 33.3 Å². The zero-order chi connectivity index (χ0) is 17.2. The van der Waals surface area contributed by atoms with Crippen LogP contribution in [0.2, 0.25) is 0 Å². The van der Waals surface area contributed by atoms with Crippen molar-refractivity contribution in [2.75, 3.05) is 5.73 Å². The molecule has 1 aromatic carbocycles. The summed E-state index contributed by atoms with van der Waals surface area (Å²) in [6, 6.07) is 16.1. The molecule has 5 heteroatoms. The molecular weight excluding hydrogens is 310 g/mol. The highest BCUT2D eigenvalue weighted by molar-refractivity contribution is 5.79. The van der Waals surface area contributed by atoms with Crippen LogP contribution >= 0.6 is 0 Å². The third-order valence-electron chi connectivity index (χ3n) is 4.11. The molecule has 0 aliphatic carbocycles. The van der Waals surface area contributed by atoms with Crippen LogP contribution < -0.4 is 5.73 Å². The molecule has 0 radical (unpaired) electrons. The lowest BCUT2D eigenvalue weighted by atomic mass is 10.0. The molecular formula is C20H17N5. The zero-order valence-corrected chi connectivity index (χ0v) is 13.8. The quantitative estimate of drug-likeness (QED) is 0.620. The van der Waals surface area contributed by atoms with Crippen molar-refractivity contribution in [3.8, 4) is 27.9 Å². The number of aromatic nitrogens is 4. The molecule has 0 spiro atoms. The van der Waals surface area contributed by atoms with Gasteiger partial charge in [-0.3, -0.25) is 4.98 Å². The smallest absolute Gasteiger partial charge is 0.131 e. The zero-order valence-electron chi connectivity index (χ0n) is 13.8. The fourth-order valence-corrected chi connectivity index (χ4v) is 2.72. The third-order valence-corrected chi connectivity index (χ3v) is 4.11. The molecule has 0 aliphatic heterocycles. The number of nitrogens with zero attached hydrogens (tertiary/aromatic N) is 4. The molecule has 0 bridgehead atoms. The van der Waals surface area contributed by atoms with Crippen molar-refractivity contribution in [1.29, 1.82) is 0 Å². The molecule has 0 fully saturated rings. The fourth-order valence-electron chi connectivity index (χ4n) is 2.72. The lowest BCUT2D eigenvalue weighted by Crippen LogP contribution is -1.96. The molecule has 0 amide bonds. The van der Waals surface area contributed by atoms with Gasteiger partial charge < -0.3 is 5.73 Å². The Bertz CT molecular complexity index is 987. The van der Waals surface area contributed by atoms with Crippen LogP contribution in [0, 0.1) is 6.92 Å². The minimum Gasteiger partial charge on any atom is -0.383 e. The van der Waals surface area contributed by atoms with E-state index in [-0.39, 0.29) is 0 Å². The number of benzene rings is 1. The largest absolute Gasteiger partial charge is 0.383 e. The molecule has 122 valence electrons. The summed E-state index contributed by atoms with van der Waals surface area (Å²) in [5.41, 5.74) is 12.0. The summed E-state index contributed by atoms with van der Waals surface area (Å²) in [5, 5.41) is 4.24. The van der Waals surface area contributed by atoms with Crippen molar-refractivity contribution in [3.05, 3.63) is 79.0 Å². The van der Waals surface area contributed by atoms with Gasteiger partial charge in [0.05, 0.1) is 5.69 Å². The van der Waals surface area contributed by atoms with Gasteiger partial charge in [0.1, 0.15) is 5.82 Å². The lowest BCUT2D eigenvalue weighted by Gasteiger charge is -2.09. The lowest BCUT2D eigenvalue weighted by molar-refractivity contribution is 0.881. The number of nitrogen functional groups attached to an aromatic ring is 1. The number of anilines is 1. The van der Waals surface area contributed by atoms with Gasteiger partial charge in [-0.15, -0.1) is 0 Å². The predicted octanol–water partition coefficient (Wildman–Crippen LogP) is 3.89. The summed E-state index contributed by atoms with van der Waals surface area (Å²) >= 11 is 0. The topological polar surface area (TPSA) is 69.6 Å². The van der Waals surface area contributed by atoms with Crippen LogP contribution in [0.3, 0.4) is 0 Å². The van der Waals surface area contributed by atoms with Gasteiger partial charge in [-0.1, -0.05) is 18.2 Å². The van der Waals surface area contributed by atoms with E-state index in [0.29, 0.717) is 5.82 Å². The number of hydrogen-bond donors (Lipinski definition) is 1. The maximum atomic E-state index is 6.08. The van der Waals surface area contributed by atoms with E-state index >= 15 is 0 Å². The van der Waals surface area contributed by atoms with Crippen LogP contribution in [0.1, 0.15) is 5.69 Å². The Morgan fingerprint density at radius 2 is 1.64 bits per heavy atom. The molecule has 0 unspecified atom stereocenters. The second-order valence-corrected chi connectivity index (χ2v) is 5.84. The third kappa shape index (κ3) is 2.99. The summed E-state index contributed by atoms with van der Waals surface area (Å²) in [6.45, 7) is 1.96. The van der Waals surface area contributed by atoms with E-state index in [1.807, 2.05) is 54.3 Å². The minimum absolute atomic E-state index is 0.502. The van der Waals surface area contributed by atoms with Gasteiger partial charge in [0.15, 0.2) is 0 Å². The minimum atomic E-state index is 0.502. The standard InChI is InChI=1S/C20H17N5/c1-14-3-4-16(12-22-14)19-11-17(13-23-20(19)21)15-5-7-18(8-6-15)25-10-2-9-24-25/h2-13H,1H3,(H2,21,23). The number of rotatable bonds is 3. The van der Waals surface area contributed by atoms with Gasteiger partial charge in [0, 0.05) is 47.2 Å². The maximum absolute atomic E-state index is 6.08. The van der Waals surface area contributed by atoms with Crippen molar-refractivity contribution in [1.82, 2.24) is 19.7 Å². The molecule has 4 rings (SSSR count). The van der Waals surface area contributed by atoms with Crippen molar-refractivity contribution in [3.63, 3.8) is 0 Å². The molecule has 3 aromatic heterocycles. The van der Waals surface area contributed by atoms with E-state index in [1.165, 1.54) is 0 Å². The van der Waals surface area contributed by atoms with Crippen LogP contribution in [-0.4, -0.2) is 19.7 Å². The van der Waals surface area contributed by atoms with Gasteiger partial charge in [-0.2, -0.15) is 5.10 Å². The molecule has 0 aliphatic rings. The van der Waals surface area contributed by atoms with E-state index in [0.717, 1.165) is 33.6 Å². The Balaban J connectivity index is 1.71. The first-order chi connectivity index (χ1) is 12.2. The van der Waals surface area contributed by atoms with Crippen LogP contribution in [0.5, 0.6) is 0 Å². The highest BCUT2D eigenvalue weighted by Crippen LogP contribution is 2.29. The monoisotopic (exact) mass is 327 g/mol. The highest BCUT2D eigenvalue weighted by Gasteiger charge is 2.08. The first kappa shape index (κ1) is 15.1. The Hall–Kier alpha value is -3.47. The molecule has 0 atom stereocenters. The van der Waals surface area contributed by atoms with E-state index in [1.54, 1.807) is 12.4 Å². The molecule has 25 heavy (non-hydrogen) atoms. The van der Waals surface area contributed by atoms with Gasteiger partial charge >= 0.3 is 0 Å². The van der Waals surface area contributed by atoms with Crippen molar-refractivity contribution in [2.45, 2.75) is 6.92 Å². The molecule has 2 N–H and O–H groups in total. The van der Waals surface area contributed by atoms with Gasteiger partial charge in [0.25, 0.3) is 0 Å². The summed E-state index contributed by atoms with van der Waals surface area (Å²) in [5.74, 6) is 0.502. The van der Waals surface area contributed by atoms with Crippen LogP contribution in [0.15, 0.2) is 73.3 Å². The number of aryl methyl sites for hydroxylation is 1. The Kier molecular flexibility index (Phi) is 3.74. The van der Waals surface area contributed by atoms with E-state index in [4.69, 9.17) is 5.73 Å². The van der Waals surface area contributed by atoms with E-state index < -0.39 is 0 Å². The van der Waals surface area contributed by atoms with Crippen LogP contribution in [-0.2, 0) is 0 Å². The first-order valence-corrected chi connectivity index (χ1v) is 8.00. The molecule has 0 saturated carbocycles. The Morgan fingerprint density at radius 3 is 2.32 bits per heavy atom. The fraction of sp³-hybridized carbons (Fsp3) is 0.0500. The molecule has 5 nitrogen and oxygen atoms in total. The average Bonchev–Trinajstić information content (AvgIpc) is 3.18. The average molecular weight is 327 g/mol. The van der Waals surface area contributed by atoms with Crippen molar-refractivity contribution in [2.24, 2.45) is 0 Å². The summed E-state index contributed by atoms with van der Waals surface area (Å²) < 4.78 is 1.83. The molecule has 4 aromatic rings. The van der Waals surface area contributed by atoms with Gasteiger partial charge in [0.2, 0.25) is 0 Å². The number of nitrogens with two attached hydrogens (primary N) is 1. The predicted molar refractivity (Wildman–Crippen MR) is 99.2 cm³/mol. The summed E-state index contributed by atoms with van der Waals surface area (Å²) in [7, 11) is 0. The Labute approximate surface area is 145 Å². The second-order valence-electron chi connectivity index (χ2n) is 5.84. The van der Waals surface area contributed by atoms with Crippen molar-refractivity contribution >= 4 is 5.82 Å². The SMILES string of the molecule is Cc1ccc(-c2cc(-c3ccc(-n4cccn4)cc3)cnc2N)cn1. The Morgan fingerprint density at radius 1 is 0.880 bits per heavy atom. The van der Waals surface area contributed by atoms with Crippen LogP contribution in [0.25, 0.3) is 27.9 Å². The number of pyridine rings is 2. The summed E-state index contributed by atoms with van der Waals surface area (Å²) in [6.07, 6.45) is 7.30. The van der Waals surface area contributed by atoms with Crippen LogP contribution in [0.4, 0.5) is 5.82 Å². The second kappa shape index (κ2) is 6.20. The van der Waals surface area contributed by atoms with Gasteiger partial charge in [-0.25, -0.2) is 9.67 Å². The van der Waals surface area contributed by atoms with Crippen molar-refractivity contribution < 1.29 is 0 Å². The normalized spacial score (nSPS) is 10.8. The first-order valence-electron chi connectivity index (χ1n) is 8.00. The highest BCUT2D eigenvalue weighted by atomic mass is 15.3. The molecule has 3 heterocycles.